The Morgan fingerprint density at radius 3 is 2.20 bits per heavy atom. The number of nitrogens with zero attached hydrogens (tertiary/aromatic N) is 1. The number of anilines is 1. The second-order valence-electron chi connectivity index (χ2n) is 5.24. The summed E-state index contributed by atoms with van der Waals surface area (Å²) in [7, 11) is 0. The number of aliphatic carboxylic acids is 1. The molecule has 3 N–H and O–H groups in total. The Balaban J connectivity index is 3.08. The first-order valence-electron chi connectivity index (χ1n) is 6.66. The Morgan fingerprint density at radius 2 is 1.80 bits per heavy atom. The number of amides is 1. The molecule has 5 nitrogen and oxygen atoms in total. The van der Waals surface area contributed by atoms with E-state index >= 15 is 0 Å². The molecule has 0 radical (unpaired) electrons. The molecule has 1 amide bonds. The fraction of sp³-hybridized carbons (Fsp3) is 0.467. The van der Waals surface area contributed by atoms with E-state index < -0.39 is 5.97 Å². The summed E-state index contributed by atoms with van der Waals surface area (Å²) in [5.74, 6) is -1.60. The molecule has 110 valence electrons. The zero-order chi connectivity index (χ0) is 15.3. The smallest absolute Gasteiger partial charge is 0.323 e. The largest absolute Gasteiger partial charge is 0.480 e. The second kappa shape index (κ2) is 7.05. The molecule has 1 aromatic rings. The number of benzene rings is 1. The van der Waals surface area contributed by atoms with Gasteiger partial charge in [-0.25, -0.2) is 0 Å². The number of carboxylic acid groups (broad SMARTS) is 1. The first-order chi connectivity index (χ1) is 9.36. The summed E-state index contributed by atoms with van der Waals surface area (Å²) in [6, 6.07) is 7.21. The first kappa shape index (κ1) is 16.2. The van der Waals surface area contributed by atoms with Gasteiger partial charge in [-0.2, -0.15) is 0 Å². The normalized spacial score (nSPS) is 12.2. The van der Waals surface area contributed by atoms with Crippen LogP contribution in [0.25, 0.3) is 0 Å². The predicted octanol–water partition coefficient (Wildman–Crippen LogP) is 1.64. The van der Waals surface area contributed by atoms with E-state index in [0.717, 1.165) is 5.56 Å². The summed E-state index contributed by atoms with van der Waals surface area (Å²) >= 11 is 0. The van der Waals surface area contributed by atoms with E-state index in [0.29, 0.717) is 5.69 Å². The van der Waals surface area contributed by atoms with Gasteiger partial charge in [0.15, 0.2) is 0 Å². The highest BCUT2D eigenvalue weighted by molar-refractivity contribution is 5.99. The number of carbonyl (C=O) groups is 2. The zero-order valence-corrected chi connectivity index (χ0v) is 12.2. The fourth-order valence-electron chi connectivity index (χ4n) is 2.01. The summed E-state index contributed by atoms with van der Waals surface area (Å²) < 4.78 is 0. The van der Waals surface area contributed by atoms with Crippen molar-refractivity contribution in [2.75, 3.05) is 18.0 Å². The van der Waals surface area contributed by atoms with Crippen LogP contribution in [0, 0.1) is 18.8 Å². The average Bonchev–Trinajstić information content (AvgIpc) is 2.37. The van der Waals surface area contributed by atoms with E-state index in [4.69, 9.17) is 10.8 Å². The van der Waals surface area contributed by atoms with Crippen molar-refractivity contribution in [2.24, 2.45) is 17.6 Å². The Hall–Kier alpha value is -1.88. The highest BCUT2D eigenvalue weighted by Crippen LogP contribution is 2.20. The lowest BCUT2D eigenvalue weighted by Crippen LogP contribution is -2.44. The molecule has 0 fully saturated rings. The van der Waals surface area contributed by atoms with Crippen molar-refractivity contribution in [2.45, 2.75) is 20.8 Å². The van der Waals surface area contributed by atoms with Gasteiger partial charge in [-0.05, 0) is 25.0 Å². The van der Waals surface area contributed by atoms with Crippen molar-refractivity contribution in [3.8, 4) is 0 Å². The number of carboxylic acids is 1. The van der Waals surface area contributed by atoms with Gasteiger partial charge in [0, 0.05) is 12.2 Å². The molecule has 0 heterocycles. The van der Waals surface area contributed by atoms with Gasteiger partial charge in [0.2, 0.25) is 5.91 Å². The standard InChI is InChI=1S/C15H22N2O3/c1-10(2)13(8-16)15(20)17(9-14(18)19)12-6-4-11(3)5-7-12/h4-7,10,13H,8-9,16H2,1-3H3,(H,18,19). The fourth-order valence-corrected chi connectivity index (χ4v) is 2.01. The minimum Gasteiger partial charge on any atom is -0.480 e. The Morgan fingerprint density at radius 1 is 1.25 bits per heavy atom. The van der Waals surface area contributed by atoms with Gasteiger partial charge in [0.25, 0.3) is 0 Å². The predicted molar refractivity (Wildman–Crippen MR) is 78.6 cm³/mol. The van der Waals surface area contributed by atoms with Gasteiger partial charge in [-0.15, -0.1) is 0 Å². The maximum atomic E-state index is 12.5. The summed E-state index contributed by atoms with van der Waals surface area (Å²) in [5, 5.41) is 9.02. The van der Waals surface area contributed by atoms with Gasteiger partial charge in [-0.1, -0.05) is 31.5 Å². The van der Waals surface area contributed by atoms with Crippen molar-refractivity contribution >= 4 is 17.6 Å². The highest BCUT2D eigenvalue weighted by Gasteiger charge is 2.28. The summed E-state index contributed by atoms with van der Waals surface area (Å²) in [4.78, 5) is 24.8. The van der Waals surface area contributed by atoms with Gasteiger partial charge >= 0.3 is 5.97 Å². The summed E-state index contributed by atoms with van der Waals surface area (Å²) in [6.07, 6.45) is 0. The van der Waals surface area contributed by atoms with Crippen LogP contribution in [0.5, 0.6) is 0 Å². The van der Waals surface area contributed by atoms with E-state index in [9.17, 15) is 9.59 Å². The maximum absolute atomic E-state index is 12.5. The summed E-state index contributed by atoms with van der Waals surface area (Å²) in [5.41, 5.74) is 7.29. The molecule has 0 bridgehead atoms. The van der Waals surface area contributed by atoms with E-state index in [1.807, 2.05) is 32.9 Å². The summed E-state index contributed by atoms with van der Waals surface area (Å²) in [6.45, 7) is 5.60. The molecule has 0 aliphatic rings. The third-order valence-electron chi connectivity index (χ3n) is 3.28. The quantitative estimate of drug-likeness (QED) is 0.828. The van der Waals surface area contributed by atoms with Crippen LogP contribution >= 0.6 is 0 Å². The van der Waals surface area contributed by atoms with Crippen molar-refractivity contribution in [1.29, 1.82) is 0 Å². The van der Waals surface area contributed by atoms with Crippen LogP contribution in [0.3, 0.4) is 0 Å². The molecule has 0 aliphatic carbocycles. The Bertz CT molecular complexity index is 469. The first-order valence-corrected chi connectivity index (χ1v) is 6.66. The van der Waals surface area contributed by atoms with E-state index in [2.05, 4.69) is 0 Å². The van der Waals surface area contributed by atoms with Crippen LogP contribution in [-0.2, 0) is 9.59 Å². The highest BCUT2D eigenvalue weighted by atomic mass is 16.4. The molecular weight excluding hydrogens is 256 g/mol. The van der Waals surface area contributed by atoms with Gasteiger partial charge in [-0.3, -0.25) is 9.59 Å². The molecule has 1 unspecified atom stereocenters. The minimum absolute atomic E-state index is 0.0641. The molecule has 0 saturated carbocycles. The SMILES string of the molecule is Cc1ccc(N(CC(=O)O)C(=O)C(CN)C(C)C)cc1. The van der Waals surface area contributed by atoms with Crippen LogP contribution in [-0.4, -0.2) is 30.1 Å². The Kier molecular flexibility index (Phi) is 5.70. The monoisotopic (exact) mass is 278 g/mol. The molecule has 0 saturated heterocycles. The molecular formula is C15H22N2O3. The van der Waals surface area contributed by atoms with Crippen molar-refractivity contribution in [1.82, 2.24) is 0 Å². The number of rotatable bonds is 6. The molecule has 0 aromatic heterocycles. The van der Waals surface area contributed by atoms with Crippen LogP contribution in [0.1, 0.15) is 19.4 Å². The van der Waals surface area contributed by atoms with Gasteiger partial charge in [0.1, 0.15) is 6.54 Å². The average molecular weight is 278 g/mol. The molecule has 1 aromatic carbocycles. The lowest BCUT2D eigenvalue weighted by atomic mass is 9.94. The van der Waals surface area contributed by atoms with Gasteiger partial charge < -0.3 is 15.7 Å². The number of nitrogens with two attached hydrogens (primary N) is 1. The number of carbonyl (C=O) groups excluding carboxylic acids is 1. The third kappa shape index (κ3) is 4.06. The lowest BCUT2D eigenvalue weighted by Gasteiger charge is -2.27. The third-order valence-corrected chi connectivity index (χ3v) is 3.28. The molecule has 20 heavy (non-hydrogen) atoms. The van der Waals surface area contributed by atoms with Crippen LogP contribution in [0.15, 0.2) is 24.3 Å². The Labute approximate surface area is 119 Å². The van der Waals surface area contributed by atoms with E-state index in [1.165, 1.54) is 4.90 Å². The zero-order valence-electron chi connectivity index (χ0n) is 12.2. The lowest BCUT2D eigenvalue weighted by molar-refractivity contribution is -0.137. The number of hydrogen-bond donors (Lipinski definition) is 2. The maximum Gasteiger partial charge on any atom is 0.323 e. The molecule has 1 rings (SSSR count). The molecule has 5 heteroatoms. The van der Waals surface area contributed by atoms with Crippen molar-refractivity contribution in [3.05, 3.63) is 29.8 Å². The van der Waals surface area contributed by atoms with Crippen molar-refractivity contribution < 1.29 is 14.7 Å². The topological polar surface area (TPSA) is 83.6 Å². The van der Waals surface area contributed by atoms with Crippen LogP contribution < -0.4 is 10.6 Å². The molecule has 1 atom stereocenters. The van der Waals surface area contributed by atoms with Crippen LogP contribution in [0.2, 0.25) is 0 Å². The van der Waals surface area contributed by atoms with Crippen LogP contribution in [0.4, 0.5) is 5.69 Å². The molecule has 0 aliphatic heterocycles. The van der Waals surface area contributed by atoms with E-state index in [1.54, 1.807) is 12.1 Å². The van der Waals surface area contributed by atoms with Crippen molar-refractivity contribution in [3.63, 3.8) is 0 Å². The number of aryl methyl sites for hydroxylation is 1. The van der Waals surface area contributed by atoms with Gasteiger partial charge in [0.05, 0.1) is 5.92 Å². The van der Waals surface area contributed by atoms with E-state index in [-0.39, 0.29) is 30.8 Å². The number of hydrogen-bond acceptors (Lipinski definition) is 3. The minimum atomic E-state index is -1.04. The molecule has 0 spiro atoms. The second-order valence-corrected chi connectivity index (χ2v) is 5.24.